The van der Waals surface area contributed by atoms with Gasteiger partial charge in [0.15, 0.2) is 0 Å². The van der Waals surface area contributed by atoms with Gasteiger partial charge in [0.05, 0.1) is 23.3 Å². The van der Waals surface area contributed by atoms with Crippen molar-refractivity contribution in [1.29, 1.82) is 0 Å². The summed E-state index contributed by atoms with van der Waals surface area (Å²) in [5, 5.41) is 2.07. The van der Waals surface area contributed by atoms with E-state index >= 15 is 0 Å². The van der Waals surface area contributed by atoms with E-state index in [0.29, 0.717) is 5.56 Å². The van der Waals surface area contributed by atoms with E-state index in [4.69, 9.17) is 6.85 Å². The maximum atomic E-state index is 8.69. The lowest BCUT2D eigenvalue weighted by Crippen LogP contribution is -2.25. The first-order valence-corrected chi connectivity index (χ1v) is 17.9. The van der Waals surface area contributed by atoms with Crippen LogP contribution in [0.25, 0.3) is 72.0 Å². The Labute approximate surface area is 312 Å². The molecule has 0 saturated carbocycles. The summed E-state index contributed by atoms with van der Waals surface area (Å²) >= 11 is 3.82. The standard InChI is InChI=1S/C49H30BrN/c50-35-22-25-40-39-23-19-33(28-45(39)49(46(40)30-35)43-17-9-7-15-37(43)38-16-8-10-18-44(38)49)32-21-26-47-42(27-32)41-24-20-34(31-11-3-1-4-12-31)29-48(41)51(47)36-13-5-2-6-14-36/h1-30H/i1D,3D,4D,11D,12D. The van der Waals surface area contributed by atoms with Crippen LogP contribution >= 0.6 is 15.9 Å². The van der Waals surface area contributed by atoms with Gasteiger partial charge in [-0.25, -0.2) is 0 Å². The van der Waals surface area contributed by atoms with E-state index < -0.39 is 11.5 Å². The zero-order chi connectivity index (χ0) is 38.0. The number of hydrogen-bond acceptors (Lipinski definition) is 0. The first-order valence-electron chi connectivity index (χ1n) is 19.6. The molecule has 238 valence electrons. The zero-order valence-electron chi connectivity index (χ0n) is 32.3. The second-order valence-corrected chi connectivity index (χ2v) is 14.3. The molecule has 0 unspecified atom stereocenters. The van der Waals surface area contributed by atoms with Crippen molar-refractivity contribution >= 4 is 37.7 Å². The van der Waals surface area contributed by atoms with E-state index in [1.807, 2.05) is 36.4 Å². The highest BCUT2D eigenvalue weighted by atomic mass is 79.9. The van der Waals surface area contributed by atoms with Gasteiger partial charge in [0.25, 0.3) is 0 Å². The highest BCUT2D eigenvalue weighted by Crippen LogP contribution is 2.63. The monoisotopic (exact) mass is 716 g/mol. The third kappa shape index (κ3) is 3.97. The Kier molecular flexibility index (Phi) is 5.12. The van der Waals surface area contributed by atoms with Gasteiger partial charge < -0.3 is 4.57 Å². The van der Waals surface area contributed by atoms with E-state index in [1.165, 1.54) is 44.5 Å². The van der Waals surface area contributed by atoms with Gasteiger partial charge in [-0.2, -0.15) is 0 Å². The van der Waals surface area contributed by atoms with Crippen molar-refractivity contribution in [2.45, 2.75) is 5.41 Å². The average molecular weight is 718 g/mol. The number of rotatable bonds is 3. The van der Waals surface area contributed by atoms with Crippen LogP contribution in [0.5, 0.6) is 0 Å². The molecule has 0 N–H and O–H groups in total. The van der Waals surface area contributed by atoms with Crippen molar-refractivity contribution in [1.82, 2.24) is 4.57 Å². The number of fused-ring (bicyclic) bond motifs is 13. The quantitative estimate of drug-likeness (QED) is 0.171. The van der Waals surface area contributed by atoms with E-state index in [2.05, 4.69) is 136 Å². The van der Waals surface area contributed by atoms with Crippen molar-refractivity contribution in [2.24, 2.45) is 0 Å². The summed E-state index contributed by atoms with van der Waals surface area (Å²) in [6.45, 7) is 0. The predicted molar refractivity (Wildman–Crippen MR) is 216 cm³/mol. The fourth-order valence-electron chi connectivity index (χ4n) is 8.90. The van der Waals surface area contributed by atoms with Gasteiger partial charge in [0.1, 0.15) is 0 Å². The molecule has 8 aromatic carbocycles. The Morgan fingerprint density at radius 1 is 0.431 bits per heavy atom. The molecule has 0 radical (unpaired) electrons. The number of para-hydroxylation sites is 1. The zero-order valence-corrected chi connectivity index (χ0v) is 28.8. The summed E-state index contributed by atoms with van der Waals surface area (Å²) < 4.78 is 45.4. The first kappa shape index (κ1) is 24.2. The van der Waals surface area contributed by atoms with Crippen molar-refractivity contribution < 1.29 is 6.85 Å². The van der Waals surface area contributed by atoms with Crippen molar-refractivity contribution in [2.75, 3.05) is 0 Å². The van der Waals surface area contributed by atoms with Gasteiger partial charge >= 0.3 is 0 Å². The van der Waals surface area contributed by atoms with Crippen molar-refractivity contribution in [3.63, 3.8) is 0 Å². The summed E-state index contributed by atoms with van der Waals surface area (Å²) in [5.74, 6) is 0. The first-order chi connectivity index (χ1) is 27.3. The molecule has 2 aliphatic carbocycles. The second kappa shape index (κ2) is 10.8. The smallest absolute Gasteiger partial charge is 0.0726 e. The molecule has 2 aliphatic rings. The summed E-state index contributed by atoms with van der Waals surface area (Å²) in [6.07, 6.45) is 0. The van der Waals surface area contributed by atoms with Crippen LogP contribution in [0.15, 0.2) is 186 Å². The lowest BCUT2D eigenvalue weighted by Gasteiger charge is -2.30. The maximum Gasteiger partial charge on any atom is 0.0726 e. The molecule has 1 spiro atoms. The van der Waals surface area contributed by atoms with Crippen LogP contribution in [-0.2, 0) is 5.41 Å². The highest BCUT2D eigenvalue weighted by molar-refractivity contribution is 9.10. The minimum atomic E-state index is -0.467. The van der Waals surface area contributed by atoms with E-state index in [-0.39, 0.29) is 29.7 Å². The van der Waals surface area contributed by atoms with Gasteiger partial charge in [-0.3, -0.25) is 0 Å². The van der Waals surface area contributed by atoms with Crippen LogP contribution in [0.1, 0.15) is 29.1 Å². The molecule has 0 aliphatic heterocycles. The summed E-state index contributed by atoms with van der Waals surface area (Å²) in [6, 6.07) is 52.5. The van der Waals surface area contributed by atoms with Crippen LogP contribution in [0.4, 0.5) is 0 Å². The van der Waals surface area contributed by atoms with E-state index in [9.17, 15) is 0 Å². The molecule has 51 heavy (non-hydrogen) atoms. The fraction of sp³-hybridized carbons (Fsp3) is 0.0204. The Morgan fingerprint density at radius 3 is 1.78 bits per heavy atom. The molecule has 0 bridgehead atoms. The van der Waals surface area contributed by atoms with Crippen LogP contribution < -0.4 is 0 Å². The van der Waals surface area contributed by atoms with Crippen LogP contribution in [-0.4, -0.2) is 4.57 Å². The van der Waals surface area contributed by atoms with Crippen LogP contribution in [0.2, 0.25) is 0 Å². The Bertz CT molecular complexity index is 3090. The van der Waals surface area contributed by atoms with Gasteiger partial charge in [-0.05, 0) is 115 Å². The van der Waals surface area contributed by atoms with Gasteiger partial charge in [-0.15, -0.1) is 0 Å². The molecule has 0 fully saturated rings. The highest BCUT2D eigenvalue weighted by Gasteiger charge is 2.51. The lowest BCUT2D eigenvalue weighted by atomic mass is 9.70. The number of halogens is 1. The van der Waals surface area contributed by atoms with Gasteiger partial charge in [0, 0.05) is 20.9 Å². The largest absolute Gasteiger partial charge is 0.309 e. The molecule has 2 heteroatoms. The van der Waals surface area contributed by atoms with Gasteiger partial charge in [-0.1, -0.05) is 149 Å². The molecule has 1 heterocycles. The molecule has 0 atom stereocenters. The van der Waals surface area contributed by atoms with Crippen LogP contribution in [0.3, 0.4) is 0 Å². The Hall–Kier alpha value is -5.96. The molecule has 1 aromatic heterocycles. The number of nitrogens with zero attached hydrogens (tertiary/aromatic N) is 1. The molecule has 0 amide bonds. The number of hydrogen-bond donors (Lipinski definition) is 0. The summed E-state index contributed by atoms with van der Waals surface area (Å²) in [7, 11) is 0. The Balaban J connectivity index is 1.15. The SMILES string of the molecule is [2H]c1c([2H])c([2H])c(-c2ccc3c4cc(-c5ccc6c(c5)C5(c7ccccc7-c7ccccc75)c5cc(Br)ccc5-6)ccc4n(-c4ccccc4)c3c2)c([2H])c1[2H]. The van der Waals surface area contributed by atoms with Crippen molar-refractivity contribution in [3.8, 4) is 50.2 Å². The summed E-state index contributed by atoms with van der Waals surface area (Å²) in [4.78, 5) is 0. The minimum Gasteiger partial charge on any atom is -0.309 e. The third-order valence-corrected chi connectivity index (χ3v) is 11.4. The summed E-state index contributed by atoms with van der Waals surface area (Å²) in [5.41, 5.74) is 15.6. The average Bonchev–Trinajstić information content (AvgIpc) is 3.83. The van der Waals surface area contributed by atoms with Gasteiger partial charge in [0.2, 0.25) is 0 Å². The lowest BCUT2D eigenvalue weighted by molar-refractivity contribution is 0.793. The number of aromatic nitrogens is 1. The normalized spacial score (nSPS) is 14.7. The molecular weight excluding hydrogens is 682 g/mol. The van der Waals surface area contributed by atoms with Crippen molar-refractivity contribution in [3.05, 3.63) is 209 Å². The fourth-order valence-corrected chi connectivity index (χ4v) is 9.26. The molecule has 0 saturated heterocycles. The topological polar surface area (TPSA) is 4.93 Å². The third-order valence-electron chi connectivity index (χ3n) is 11.0. The predicted octanol–water partition coefficient (Wildman–Crippen LogP) is 13.2. The van der Waals surface area contributed by atoms with E-state index in [0.717, 1.165) is 43.1 Å². The molecule has 9 aromatic rings. The van der Waals surface area contributed by atoms with Crippen LogP contribution in [0, 0.1) is 0 Å². The maximum absolute atomic E-state index is 8.69. The minimum absolute atomic E-state index is 0.193. The Morgan fingerprint density at radius 2 is 1.02 bits per heavy atom. The second-order valence-electron chi connectivity index (χ2n) is 13.4. The van der Waals surface area contributed by atoms with E-state index in [1.54, 1.807) is 0 Å². The molecule has 11 rings (SSSR count). The number of benzene rings is 8. The molecule has 1 nitrogen and oxygen atoms in total. The molecular formula is C49H30BrN.